The SMILES string of the molecule is CCCc1c(CCl)cnn1-c1ccc(C)cc1C. The molecule has 2 aromatic rings. The highest BCUT2D eigenvalue weighted by Crippen LogP contribution is 2.21. The van der Waals surface area contributed by atoms with E-state index in [9.17, 15) is 0 Å². The fourth-order valence-corrected chi connectivity index (χ4v) is 2.50. The monoisotopic (exact) mass is 262 g/mol. The highest BCUT2D eigenvalue weighted by Gasteiger charge is 2.12. The molecule has 1 aromatic heterocycles. The van der Waals surface area contributed by atoms with Crippen LogP contribution in [0.2, 0.25) is 0 Å². The Hall–Kier alpha value is -1.28. The lowest BCUT2D eigenvalue weighted by Crippen LogP contribution is -2.05. The van der Waals surface area contributed by atoms with E-state index >= 15 is 0 Å². The van der Waals surface area contributed by atoms with Crippen LogP contribution >= 0.6 is 11.6 Å². The molecule has 0 radical (unpaired) electrons. The quantitative estimate of drug-likeness (QED) is 0.756. The summed E-state index contributed by atoms with van der Waals surface area (Å²) in [5.41, 5.74) is 6.05. The van der Waals surface area contributed by atoms with Gasteiger partial charge in [0.2, 0.25) is 0 Å². The maximum Gasteiger partial charge on any atom is 0.0678 e. The van der Waals surface area contributed by atoms with Gasteiger partial charge >= 0.3 is 0 Å². The van der Waals surface area contributed by atoms with Crippen LogP contribution in [0.1, 0.15) is 35.7 Å². The molecule has 0 aliphatic rings. The van der Waals surface area contributed by atoms with E-state index in [0.29, 0.717) is 5.88 Å². The minimum absolute atomic E-state index is 0.528. The normalized spacial score (nSPS) is 10.9. The van der Waals surface area contributed by atoms with Gasteiger partial charge in [0.25, 0.3) is 0 Å². The van der Waals surface area contributed by atoms with Gasteiger partial charge in [-0.2, -0.15) is 5.10 Å². The highest BCUT2D eigenvalue weighted by molar-refractivity contribution is 6.17. The number of halogens is 1. The summed E-state index contributed by atoms with van der Waals surface area (Å²) < 4.78 is 2.04. The molecule has 0 aliphatic heterocycles. The summed E-state index contributed by atoms with van der Waals surface area (Å²) in [6.07, 6.45) is 3.99. The Bertz CT molecular complexity index is 543. The van der Waals surface area contributed by atoms with Crippen molar-refractivity contribution in [2.75, 3.05) is 0 Å². The lowest BCUT2D eigenvalue weighted by Gasteiger charge is -2.11. The van der Waals surface area contributed by atoms with E-state index in [-0.39, 0.29) is 0 Å². The van der Waals surface area contributed by atoms with Gasteiger partial charge < -0.3 is 0 Å². The third-order valence-electron chi connectivity index (χ3n) is 3.17. The molecule has 0 unspecified atom stereocenters. The second-order valence-corrected chi connectivity index (χ2v) is 4.97. The van der Waals surface area contributed by atoms with Crippen LogP contribution in [0.4, 0.5) is 0 Å². The van der Waals surface area contributed by atoms with Gasteiger partial charge in [0, 0.05) is 11.3 Å². The molecule has 0 aliphatic carbocycles. The Labute approximate surface area is 114 Å². The van der Waals surface area contributed by atoms with Crippen LogP contribution < -0.4 is 0 Å². The van der Waals surface area contributed by atoms with E-state index in [0.717, 1.165) is 24.1 Å². The van der Waals surface area contributed by atoms with Gasteiger partial charge in [0.1, 0.15) is 0 Å². The molecule has 1 aromatic carbocycles. The average Bonchev–Trinajstić information content (AvgIpc) is 2.73. The number of alkyl halides is 1. The molecule has 0 N–H and O–H groups in total. The zero-order valence-electron chi connectivity index (χ0n) is 11.2. The molecule has 0 saturated heterocycles. The Morgan fingerprint density at radius 1 is 1.28 bits per heavy atom. The van der Waals surface area contributed by atoms with Crippen LogP contribution in [0, 0.1) is 13.8 Å². The maximum atomic E-state index is 5.98. The number of hydrogen-bond acceptors (Lipinski definition) is 1. The lowest BCUT2D eigenvalue weighted by atomic mass is 10.1. The Balaban J connectivity index is 2.52. The van der Waals surface area contributed by atoms with Crippen molar-refractivity contribution in [3.05, 3.63) is 46.8 Å². The highest BCUT2D eigenvalue weighted by atomic mass is 35.5. The van der Waals surface area contributed by atoms with Crippen LogP contribution in [0.25, 0.3) is 5.69 Å². The van der Waals surface area contributed by atoms with Crippen molar-refractivity contribution in [3.63, 3.8) is 0 Å². The van der Waals surface area contributed by atoms with Crippen molar-refractivity contribution in [1.82, 2.24) is 9.78 Å². The molecule has 2 rings (SSSR count). The van der Waals surface area contributed by atoms with Crippen molar-refractivity contribution < 1.29 is 0 Å². The number of aryl methyl sites for hydroxylation is 2. The molecule has 0 bridgehead atoms. The number of rotatable bonds is 4. The summed E-state index contributed by atoms with van der Waals surface area (Å²) in [4.78, 5) is 0. The van der Waals surface area contributed by atoms with Crippen LogP contribution in [0.15, 0.2) is 24.4 Å². The Morgan fingerprint density at radius 2 is 2.06 bits per heavy atom. The largest absolute Gasteiger partial charge is 0.237 e. The second-order valence-electron chi connectivity index (χ2n) is 4.70. The van der Waals surface area contributed by atoms with Gasteiger partial charge in [-0.3, -0.25) is 0 Å². The van der Waals surface area contributed by atoms with Gasteiger partial charge in [-0.25, -0.2) is 4.68 Å². The fourth-order valence-electron chi connectivity index (χ4n) is 2.27. The molecule has 0 atom stereocenters. The van der Waals surface area contributed by atoms with Gasteiger partial charge in [-0.05, 0) is 31.9 Å². The zero-order chi connectivity index (χ0) is 13.1. The van der Waals surface area contributed by atoms with E-state index in [1.165, 1.54) is 16.8 Å². The number of nitrogens with zero attached hydrogens (tertiary/aromatic N) is 2. The topological polar surface area (TPSA) is 17.8 Å². The van der Waals surface area contributed by atoms with Crippen molar-refractivity contribution in [2.45, 2.75) is 39.5 Å². The van der Waals surface area contributed by atoms with E-state index in [4.69, 9.17) is 11.6 Å². The molecule has 0 spiro atoms. The van der Waals surface area contributed by atoms with Crippen LogP contribution in [0.5, 0.6) is 0 Å². The van der Waals surface area contributed by atoms with E-state index in [1.807, 2.05) is 10.9 Å². The summed E-state index contributed by atoms with van der Waals surface area (Å²) in [5.74, 6) is 0.528. The molecule has 18 heavy (non-hydrogen) atoms. The standard InChI is InChI=1S/C15H19ClN2/c1-4-5-15-13(9-16)10-17-18(15)14-7-6-11(2)8-12(14)3/h6-8,10H,4-5,9H2,1-3H3. The van der Waals surface area contributed by atoms with Gasteiger partial charge in [-0.15, -0.1) is 11.6 Å². The van der Waals surface area contributed by atoms with Gasteiger partial charge in [0.15, 0.2) is 0 Å². The van der Waals surface area contributed by atoms with E-state index in [2.05, 4.69) is 44.1 Å². The molecular formula is C15H19ClN2. The first-order valence-corrected chi connectivity index (χ1v) is 6.90. The van der Waals surface area contributed by atoms with Gasteiger partial charge in [-0.1, -0.05) is 31.0 Å². The van der Waals surface area contributed by atoms with Crippen LogP contribution in [0.3, 0.4) is 0 Å². The van der Waals surface area contributed by atoms with Crippen LogP contribution in [-0.2, 0) is 12.3 Å². The maximum absolute atomic E-state index is 5.98. The summed E-state index contributed by atoms with van der Waals surface area (Å²) in [6.45, 7) is 6.41. The predicted octanol–water partition coefficient (Wildman–Crippen LogP) is 4.18. The number of benzene rings is 1. The van der Waals surface area contributed by atoms with E-state index in [1.54, 1.807) is 0 Å². The minimum Gasteiger partial charge on any atom is -0.237 e. The van der Waals surface area contributed by atoms with Crippen molar-refractivity contribution >= 4 is 11.6 Å². The predicted molar refractivity (Wildman–Crippen MR) is 76.6 cm³/mol. The smallest absolute Gasteiger partial charge is 0.0678 e. The molecular weight excluding hydrogens is 244 g/mol. The van der Waals surface area contributed by atoms with E-state index < -0.39 is 0 Å². The molecule has 0 saturated carbocycles. The molecule has 3 heteroatoms. The molecule has 2 nitrogen and oxygen atoms in total. The first-order chi connectivity index (χ1) is 8.67. The van der Waals surface area contributed by atoms with Crippen molar-refractivity contribution in [2.24, 2.45) is 0 Å². The average molecular weight is 263 g/mol. The van der Waals surface area contributed by atoms with Crippen molar-refractivity contribution in [1.29, 1.82) is 0 Å². The molecule has 96 valence electrons. The summed E-state index contributed by atoms with van der Waals surface area (Å²) in [5, 5.41) is 4.50. The third-order valence-corrected chi connectivity index (χ3v) is 3.45. The Kier molecular flexibility index (Phi) is 4.07. The molecule has 0 fully saturated rings. The molecule has 0 amide bonds. The molecule has 1 heterocycles. The zero-order valence-corrected chi connectivity index (χ0v) is 12.0. The second kappa shape index (κ2) is 5.57. The van der Waals surface area contributed by atoms with Crippen molar-refractivity contribution in [3.8, 4) is 5.69 Å². The number of aromatic nitrogens is 2. The summed E-state index contributed by atoms with van der Waals surface area (Å²) in [7, 11) is 0. The first kappa shape index (κ1) is 13.2. The minimum atomic E-state index is 0.528. The fraction of sp³-hybridized carbons (Fsp3) is 0.400. The van der Waals surface area contributed by atoms with Crippen LogP contribution in [-0.4, -0.2) is 9.78 Å². The summed E-state index contributed by atoms with van der Waals surface area (Å²) >= 11 is 5.98. The summed E-state index contributed by atoms with van der Waals surface area (Å²) in [6, 6.07) is 6.45. The third kappa shape index (κ3) is 2.44. The number of hydrogen-bond donors (Lipinski definition) is 0. The Morgan fingerprint density at radius 3 is 2.67 bits per heavy atom. The van der Waals surface area contributed by atoms with Gasteiger partial charge in [0.05, 0.1) is 17.8 Å². The lowest BCUT2D eigenvalue weighted by molar-refractivity contribution is 0.767. The first-order valence-electron chi connectivity index (χ1n) is 6.36.